The lowest BCUT2D eigenvalue weighted by atomic mass is 10.0. The minimum absolute atomic E-state index is 0. The minimum atomic E-state index is -0.228. The van der Waals surface area contributed by atoms with Crippen LogP contribution in [0.1, 0.15) is 39.7 Å². The number of anilines is 1. The van der Waals surface area contributed by atoms with Crippen molar-refractivity contribution in [3.63, 3.8) is 0 Å². The van der Waals surface area contributed by atoms with Crippen molar-refractivity contribution in [3.8, 4) is 0 Å². The molecule has 0 spiro atoms. The lowest BCUT2D eigenvalue weighted by molar-refractivity contribution is -0.125. The smallest absolute Gasteiger partial charge is 0.227 e. The molecule has 6 heteroatoms. The van der Waals surface area contributed by atoms with Crippen LogP contribution in [0.15, 0.2) is 24.3 Å². The van der Waals surface area contributed by atoms with Crippen LogP contribution in [0.2, 0.25) is 0 Å². The first-order valence-corrected chi connectivity index (χ1v) is 7.78. The van der Waals surface area contributed by atoms with Crippen molar-refractivity contribution in [2.75, 3.05) is 5.32 Å². The lowest BCUT2D eigenvalue weighted by Gasteiger charge is -2.16. The van der Waals surface area contributed by atoms with E-state index in [4.69, 9.17) is 5.73 Å². The van der Waals surface area contributed by atoms with E-state index in [0.29, 0.717) is 6.54 Å². The largest absolute Gasteiger partial charge is 0.352 e. The molecule has 2 amide bonds. The van der Waals surface area contributed by atoms with Crippen LogP contribution >= 0.6 is 12.4 Å². The number of nitrogens with one attached hydrogen (secondary N) is 2. The van der Waals surface area contributed by atoms with Crippen LogP contribution in [0.25, 0.3) is 0 Å². The van der Waals surface area contributed by atoms with Gasteiger partial charge in [-0.05, 0) is 31.0 Å². The SMILES string of the molecule is CCC(C)C(=O)Nc1cccc(CNC(=O)C(C)C(C)N)c1.Cl. The first-order valence-electron chi connectivity index (χ1n) is 7.78. The van der Waals surface area contributed by atoms with Crippen molar-refractivity contribution >= 4 is 29.9 Å². The predicted octanol–water partition coefficient (Wildman–Crippen LogP) is 2.69. The van der Waals surface area contributed by atoms with Crippen LogP contribution in [0.5, 0.6) is 0 Å². The van der Waals surface area contributed by atoms with E-state index in [2.05, 4.69) is 10.6 Å². The van der Waals surface area contributed by atoms with E-state index in [9.17, 15) is 9.59 Å². The molecule has 23 heavy (non-hydrogen) atoms. The van der Waals surface area contributed by atoms with Gasteiger partial charge in [0.1, 0.15) is 0 Å². The molecule has 0 aliphatic heterocycles. The summed E-state index contributed by atoms with van der Waals surface area (Å²) in [6, 6.07) is 7.31. The highest BCUT2D eigenvalue weighted by Crippen LogP contribution is 2.13. The van der Waals surface area contributed by atoms with Gasteiger partial charge in [-0.3, -0.25) is 9.59 Å². The third-order valence-corrected chi connectivity index (χ3v) is 3.92. The Bertz CT molecular complexity index is 520. The summed E-state index contributed by atoms with van der Waals surface area (Å²) in [5.74, 6) is -0.304. The van der Waals surface area contributed by atoms with Gasteiger partial charge >= 0.3 is 0 Å². The molecule has 0 saturated carbocycles. The van der Waals surface area contributed by atoms with E-state index in [1.165, 1.54) is 0 Å². The van der Waals surface area contributed by atoms with Gasteiger partial charge in [0, 0.05) is 30.1 Å². The second-order valence-electron chi connectivity index (χ2n) is 5.86. The number of carbonyl (C=O) groups excluding carboxylic acids is 2. The topological polar surface area (TPSA) is 84.2 Å². The molecule has 0 aromatic heterocycles. The van der Waals surface area contributed by atoms with Crippen LogP contribution < -0.4 is 16.4 Å². The maximum atomic E-state index is 11.9. The molecular formula is C17H28ClN3O2. The standard InChI is InChI=1S/C17H27N3O2.ClH/c1-5-11(2)16(21)20-15-8-6-7-14(9-15)10-19-17(22)12(3)13(4)18;/h6-9,11-13H,5,10,18H2,1-4H3,(H,19,22)(H,20,21);1H. The zero-order valence-electron chi connectivity index (χ0n) is 14.3. The van der Waals surface area contributed by atoms with Gasteiger partial charge < -0.3 is 16.4 Å². The zero-order valence-corrected chi connectivity index (χ0v) is 15.1. The molecule has 130 valence electrons. The van der Waals surface area contributed by atoms with Crippen LogP contribution in [-0.2, 0) is 16.1 Å². The van der Waals surface area contributed by atoms with Crippen LogP contribution in [-0.4, -0.2) is 17.9 Å². The van der Waals surface area contributed by atoms with E-state index in [-0.39, 0.29) is 42.1 Å². The second-order valence-corrected chi connectivity index (χ2v) is 5.86. The maximum Gasteiger partial charge on any atom is 0.227 e. The van der Waals surface area contributed by atoms with Gasteiger partial charge in [0.15, 0.2) is 0 Å². The molecule has 3 unspecified atom stereocenters. The second kappa shape index (κ2) is 10.2. The van der Waals surface area contributed by atoms with Crippen LogP contribution in [0, 0.1) is 11.8 Å². The molecular weight excluding hydrogens is 314 g/mol. The van der Waals surface area contributed by atoms with Gasteiger partial charge in [-0.25, -0.2) is 0 Å². The fourth-order valence-corrected chi connectivity index (χ4v) is 1.80. The number of hydrogen-bond donors (Lipinski definition) is 3. The third-order valence-electron chi connectivity index (χ3n) is 3.92. The molecule has 1 rings (SSSR count). The number of benzene rings is 1. The summed E-state index contributed by atoms with van der Waals surface area (Å²) in [4.78, 5) is 23.8. The van der Waals surface area contributed by atoms with E-state index >= 15 is 0 Å². The fourth-order valence-electron chi connectivity index (χ4n) is 1.80. The van der Waals surface area contributed by atoms with Gasteiger partial charge in [0.2, 0.25) is 11.8 Å². The normalized spacial score (nSPS) is 14.1. The number of amides is 2. The zero-order chi connectivity index (χ0) is 16.7. The lowest BCUT2D eigenvalue weighted by Crippen LogP contribution is -2.38. The molecule has 1 aromatic carbocycles. The van der Waals surface area contributed by atoms with Crippen molar-refractivity contribution in [1.82, 2.24) is 5.32 Å². The number of carbonyl (C=O) groups is 2. The Morgan fingerprint density at radius 2 is 1.83 bits per heavy atom. The molecule has 0 bridgehead atoms. The molecule has 1 aromatic rings. The molecule has 5 nitrogen and oxygen atoms in total. The van der Waals surface area contributed by atoms with E-state index in [1.807, 2.05) is 52.0 Å². The molecule has 0 heterocycles. The Morgan fingerprint density at radius 1 is 1.17 bits per heavy atom. The van der Waals surface area contributed by atoms with Crippen molar-refractivity contribution in [2.24, 2.45) is 17.6 Å². The molecule has 0 fully saturated rings. The molecule has 0 aliphatic rings. The van der Waals surface area contributed by atoms with Gasteiger partial charge in [-0.15, -0.1) is 12.4 Å². The maximum absolute atomic E-state index is 11.9. The highest BCUT2D eigenvalue weighted by atomic mass is 35.5. The molecule has 0 aliphatic carbocycles. The van der Waals surface area contributed by atoms with Gasteiger partial charge in [-0.1, -0.05) is 32.9 Å². The fraction of sp³-hybridized carbons (Fsp3) is 0.529. The molecule has 0 saturated heterocycles. The Kier molecular flexibility index (Phi) is 9.53. The van der Waals surface area contributed by atoms with E-state index in [0.717, 1.165) is 17.7 Å². The summed E-state index contributed by atoms with van der Waals surface area (Å²) < 4.78 is 0. The van der Waals surface area contributed by atoms with Crippen molar-refractivity contribution < 1.29 is 9.59 Å². The average molecular weight is 342 g/mol. The quantitative estimate of drug-likeness (QED) is 0.712. The summed E-state index contributed by atoms with van der Waals surface area (Å²) in [5, 5.41) is 5.75. The molecule has 0 radical (unpaired) electrons. The Hall–Kier alpha value is -1.59. The summed E-state index contributed by atoms with van der Waals surface area (Å²) in [6.07, 6.45) is 0.802. The Balaban J connectivity index is 0.00000484. The van der Waals surface area contributed by atoms with Crippen LogP contribution in [0.4, 0.5) is 5.69 Å². The number of hydrogen-bond acceptors (Lipinski definition) is 3. The van der Waals surface area contributed by atoms with Gasteiger partial charge in [0.05, 0.1) is 0 Å². The highest BCUT2D eigenvalue weighted by molar-refractivity contribution is 5.92. The van der Waals surface area contributed by atoms with Crippen LogP contribution in [0.3, 0.4) is 0 Å². The average Bonchev–Trinajstić information content (AvgIpc) is 2.51. The van der Waals surface area contributed by atoms with Gasteiger partial charge in [-0.2, -0.15) is 0 Å². The predicted molar refractivity (Wildman–Crippen MR) is 96.4 cm³/mol. The van der Waals surface area contributed by atoms with Gasteiger partial charge in [0.25, 0.3) is 0 Å². The first kappa shape index (κ1) is 21.4. The monoisotopic (exact) mass is 341 g/mol. The first-order chi connectivity index (χ1) is 10.3. The number of halogens is 1. The van der Waals surface area contributed by atoms with Crippen molar-refractivity contribution in [2.45, 2.75) is 46.7 Å². The van der Waals surface area contributed by atoms with E-state index in [1.54, 1.807) is 0 Å². The minimum Gasteiger partial charge on any atom is -0.352 e. The Morgan fingerprint density at radius 3 is 2.39 bits per heavy atom. The number of rotatable bonds is 7. The summed E-state index contributed by atoms with van der Waals surface area (Å²) in [7, 11) is 0. The third kappa shape index (κ3) is 7.01. The number of nitrogens with two attached hydrogens (primary N) is 1. The summed E-state index contributed by atoms with van der Waals surface area (Å²) in [6.45, 7) is 7.92. The summed E-state index contributed by atoms with van der Waals surface area (Å²) >= 11 is 0. The van der Waals surface area contributed by atoms with Crippen molar-refractivity contribution in [1.29, 1.82) is 0 Å². The summed E-state index contributed by atoms with van der Waals surface area (Å²) in [5.41, 5.74) is 7.40. The van der Waals surface area contributed by atoms with Crippen molar-refractivity contribution in [3.05, 3.63) is 29.8 Å². The Labute approximate surface area is 144 Å². The molecule has 4 N–H and O–H groups in total. The van der Waals surface area contributed by atoms with E-state index < -0.39 is 0 Å². The molecule has 3 atom stereocenters. The highest BCUT2D eigenvalue weighted by Gasteiger charge is 2.16.